The number of nitrogens with zero attached hydrogens (tertiary/aromatic N) is 3. The first-order valence-electron chi connectivity index (χ1n) is 35.6. The molecule has 3 aromatic carbocycles. The molecule has 3 saturated heterocycles. The van der Waals surface area contributed by atoms with Crippen molar-refractivity contribution in [1.29, 1.82) is 15.8 Å². The Morgan fingerprint density at radius 2 is 0.697 bits per heavy atom. The number of amides is 6. The van der Waals surface area contributed by atoms with E-state index in [9.17, 15) is 58.9 Å². The second-order valence-corrected chi connectivity index (χ2v) is 28.3. The van der Waals surface area contributed by atoms with Gasteiger partial charge in [-0.1, -0.05) is 74.9 Å². The molecule has 0 spiro atoms. The van der Waals surface area contributed by atoms with Crippen LogP contribution in [-0.4, -0.2) is 112 Å². The lowest BCUT2D eigenvalue weighted by atomic mass is 9.85. The molecule has 99 heavy (non-hydrogen) atoms. The molecular weight excluding hydrogens is 1250 g/mol. The molecule has 0 radical (unpaired) electrons. The van der Waals surface area contributed by atoms with Crippen LogP contribution < -0.4 is 46.1 Å². The molecule has 522 valence electrons. The minimum absolute atomic E-state index is 0.0278. The monoisotopic (exact) mass is 1350 g/mol. The number of nitrogens with one attached hydrogen (secondary N) is 6. The Morgan fingerprint density at radius 3 is 0.929 bits per heavy atom. The number of carbonyl (C=O) groups is 9. The van der Waals surface area contributed by atoms with Crippen molar-refractivity contribution in [2.45, 2.75) is 172 Å². The number of carbonyl (C=O) groups excluding carboxylic acids is 9. The topological polar surface area (TPSA) is 325 Å². The fourth-order valence-electron chi connectivity index (χ4n) is 14.5. The number of ether oxygens (including phenoxy) is 3. The molecule has 3 aromatic rings. The van der Waals surface area contributed by atoms with E-state index >= 15 is 0 Å². The second-order valence-electron chi connectivity index (χ2n) is 28.3. The lowest BCUT2D eigenvalue weighted by Gasteiger charge is -2.24. The quantitative estimate of drug-likeness (QED) is 0.0363. The molecular formula is C78H93N9O12. The molecule has 6 amide bonds. The summed E-state index contributed by atoms with van der Waals surface area (Å²) in [5.74, 6) is 0.115. The van der Waals surface area contributed by atoms with E-state index in [1.807, 2.05) is 72.8 Å². The van der Waals surface area contributed by atoms with Gasteiger partial charge in [-0.25, -0.2) is 0 Å². The predicted molar refractivity (Wildman–Crippen MR) is 369 cm³/mol. The molecule has 12 rings (SSSR count). The molecule has 0 aromatic heterocycles. The molecule has 6 fully saturated rings. The molecule has 3 heterocycles. The molecule has 9 atom stereocenters. The van der Waals surface area contributed by atoms with Gasteiger partial charge in [0.05, 0.1) is 75.4 Å². The third kappa shape index (κ3) is 19.9. The van der Waals surface area contributed by atoms with Crippen LogP contribution in [0.2, 0.25) is 0 Å². The Kier molecular flexibility index (Phi) is 25.1. The molecule has 0 unspecified atom stereocenters. The van der Waals surface area contributed by atoms with Crippen molar-refractivity contribution in [3.8, 4) is 35.5 Å². The molecule has 21 nitrogen and oxygen atoms in total. The summed E-state index contributed by atoms with van der Waals surface area (Å²) in [6.45, 7) is 2.02. The highest BCUT2D eigenvalue weighted by molar-refractivity contribution is 6.05. The van der Waals surface area contributed by atoms with Gasteiger partial charge in [0.1, 0.15) is 17.2 Å². The number of ketones is 3. The maximum absolute atomic E-state index is 13.2. The van der Waals surface area contributed by atoms with E-state index < -0.39 is 35.9 Å². The summed E-state index contributed by atoms with van der Waals surface area (Å²) >= 11 is 0. The van der Waals surface area contributed by atoms with Crippen molar-refractivity contribution in [2.75, 3.05) is 41.0 Å². The maximum atomic E-state index is 13.2. The van der Waals surface area contributed by atoms with Crippen molar-refractivity contribution in [1.82, 2.24) is 31.9 Å². The van der Waals surface area contributed by atoms with Crippen molar-refractivity contribution in [3.05, 3.63) is 105 Å². The second kappa shape index (κ2) is 34.4. The minimum Gasteiger partial charge on any atom is -0.496 e. The van der Waals surface area contributed by atoms with E-state index in [2.05, 4.69) is 50.1 Å². The number of hydrogen-bond acceptors (Lipinski definition) is 15. The Labute approximate surface area is 580 Å². The Morgan fingerprint density at radius 1 is 0.424 bits per heavy atom. The summed E-state index contributed by atoms with van der Waals surface area (Å²) in [7, 11) is 4.82. The Balaban J connectivity index is 0.000000161. The van der Waals surface area contributed by atoms with Crippen LogP contribution in [0.5, 0.6) is 17.2 Å². The van der Waals surface area contributed by atoms with Crippen LogP contribution in [0.3, 0.4) is 0 Å². The van der Waals surface area contributed by atoms with Gasteiger partial charge >= 0.3 is 0 Å². The number of Topliss-reactive ketones (excluding diaryl/α,β-unsaturated/α-hetero) is 3. The van der Waals surface area contributed by atoms with E-state index in [1.54, 1.807) is 21.3 Å². The first-order chi connectivity index (χ1) is 47.9. The highest BCUT2D eigenvalue weighted by Gasteiger charge is 2.38. The summed E-state index contributed by atoms with van der Waals surface area (Å²) in [5, 5.41) is 46.3. The van der Waals surface area contributed by atoms with Crippen molar-refractivity contribution < 1.29 is 57.4 Å². The molecule has 21 heteroatoms. The summed E-state index contributed by atoms with van der Waals surface area (Å²) in [5.41, 5.74) is 7.64. The van der Waals surface area contributed by atoms with Crippen molar-refractivity contribution in [3.63, 3.8) is 0 Å². The SMILES string of the molecule is COc1cccc2c1C=C(C(=O)N[C@@H](CC1CC1)C(=O)C[C@@H](C#N)C[C@@H]1CCCNC1=O)C2.COc1cccc2c1C=C(C(=O)N[C@H](CC1CC1)C(=O)C[C@@H](C#N)C[C@@H]1CCCNC1=O)C2.COc1cccc2c1C=C(C(=O)N[C@H](CC1CC1)C(=O)C[C@H](C#N)C[C@@H]1CCCNC1=O)C2. The highest BCUT2D eigenvalue weighted by atomic mass is 16.5. The first kappa shape index (κ1) is 72.3. The van der Waals surface area contributed by atoms with Gasteiger partial charge in [-0.15, -0.1) is 0 Å². The number of rotatable bonds is 30. The van der Waals surface area contributed by atoms with E-state index in [0.717, 1.165) is 128 Å². The van der Waals surface area contributed by atoms with Gasteiger partial charge in [0, 0.05) is 109 Å². The lowest BCUT2D eigenvalue weighted by Crippen LogP contribution is -2.43. The maximum Gasteiger partial charge on any atom is 0.248 e. The molecule has 6 aliphatic carbocycles. The number of benzene rings is 3. The lowest BCUT2D eigenvalue weighted by molar-refractivity contribution is -0.128. The van der Waals surface area contributed by atoms with Crippen LogP contribution in [0.1, 0.15) is 168 Å². The van der Waals surface area contributed by atoms with Gasteiger partial charge in [0.15, 0.2) is 17.3 Å². The zero-order valence-corrected chi connectivity index (χ0v) is 57.2. The standard InChI is InChI=1S/3C26H31N3O4/c3*1-33-24-6-2-4-18-13-20(14-21(18)24)26(32)29-22(11-16-7-8-16)23(30)12-17(15-27)10-19-5-3-9-28-25(19)31/h3*2,4,6,14,16-17,19,22H,3,5,7-13H2,1H3,(H,28,31)(H,29,32)/t17-,19+,22-;17-,19-,22+;17-,19-,22-/m100/s1. The average Bonchev–Trinajstić information content (AvgIpc) is 1.68. The highest BCUT2D eigenvalue weighted by Crippen LogP contribution is 2.40. The number of piperidine rings is 3. The predicted octanol–water partition coefficient (Wildman–Crippen LogP) is 8.80. The summed E-state index contributed by atoms with van der Waals surface area (Å²) in [6.07, 6.45) is 21.5. The molecule has 0 bridgehead atoms. The Bertz CT molecular complexity index is 3400. The van der Waals surface area contributed by atoms with Crippen LogP contribution >= 0.6 is 0 Å². The largest absolute Gasteiger partial charge is 0.496 e. The van der Waals surface area contributed by atoms with Gasteiger partial charge in [-0.05, 0) is 148 Å². The fraction of sp³-hybridized carbons (Fsp3) is 0.538. The smallest absolute Gasteiger partial charge is 0.248 e. The summed E-state index contributed by atoms with van der Waals surface area (Å²) < 4.78 is 16.2. The van der Waals surface area contributed by atoms with Crippen molar-refractivity contribution in [2.24, 2.45) is 53.3 Å². The number of nitriles is 3. The number of hydrogen-bond donors (Lipinski definition) is 6. The third-order valence-electron chi connectivity index (χ3n) is 20.8. The molecule has 3 saturated carbocycles. The fourth-order valence-corrected chi connectivity index (χ4v) is 14.5. The van der Waals surface area contributed by atoms with E-state index in [1.165, 1.54) is 0 Å². The van der Waals surface area contributed by atoms with Gasteiger partial charge in [0.25, 0.3) is 0 Å². The van der Waals surface area contributed by atoms with E-state index in [0.29, 0.717) is 112 Å². The van der Waals surface area contributed by atoms with Crippen molar-refractivity contribution >= 4 is 71.0 Å². The van der Waals surface area contributed by atoms with Crippen LogP contribution in [-0.2, 0) is 62.4 Å². The van der Waals surface area contributed by atoms with Crippen LogP contribution in [0.15, 0.2) is 71.3 Å². The van der Waals surface area contributed by atoms with Gasteiger partial charge in [-0.3, -0.25) is 43.2 Å². The van der Waals surface area contributed by atoms with Crippen LogP contribution in [0, 0.1) is 87.3 Å². The number of methoxy groups -OCH3 is 3. The molecule has 3 aliphatic heterocycles. The summed E-state index contributed by atoms with van der Waals surface area (Å²) in [6, 6.07) is 22.1. The van der Waals surface area contributed by atoms with E-state index in [4.69, 9.17) is 14.2 Å². The number of fused-ring (bicyclic) bond motifs is 3. The van der Waals surface area contributed by atoms with Gasteiger partial charge in [-0.2, -0.15) is 15.8 Å². The average molecular weight is 1350 g/mol. The van der Waals surface area contributed by atoms with Gasteiger partial charge < -0.3 is 46.1 Å². The zero-order valence-electron chi connectivity index (χ0n) is 57.2. The van der Waals surface area contributed by atoms with Crippen LogP contribution in [0.25, 0.3) is 18.2 Å². The first-order valence-corrected chi connectivity index (χ1v) is 35.6. The normalized spacial score (nSPS) is 21.2. The molecule has 9 aliphatic rings. The van der Waals surface area contributed by atoms with E-state index in [-0.39, 0.29) is 89.8 Å². The Hall–Kier alpha value is -9.42. The third-order valence-corrected chi connectivity index (χ3v) is 20.8. The molecule has 6 N–H and O–H groups in total. The van der Waals surface area contributed by atoms with Crippen LogP contribution in [0.4, 0.5) is 0 Å². The summed E-state index contributed by atoms with van der Waals surface area (Å²) in [4.78, 5) is 115. The van der Waals surface area contributed by atoms with Gasteiger partial charge in [0.2, 0.25) is 35.4 Å². The minimum atomic E-state index is -0.604. The zero-order chi connectivity index (χ0) is 70.1.